The zero-order valence-corrected chi connectivity index (χ0v) is 16.0. The topological polar surface area (TPSA) is 41.5 Å². The molecule has 0 aliphatic rings. The summed E-state index contributed by atoms with van der Waals surface area (Å²) < 4.78 is 0. The maximum absolute atomic E-state index is 12.2. The van der Waals surface area contributed by atoms with E-state index in [0.29, 0.717) is 17.5 Å². The van der Waals surface area contributed by atoms with Gasteiger partial charge in [0.2, 0.25) is 5.91 Å². The highest BCUT2D eigenvalue weighted by atomic mass is 32.2. The van der Waals surface area contributed by atoms with Crippen molar-refractivity contribution < 1.29 is 4.79 Å². The van der Waals surface area contributed by atoms with E-state index in [1.165, 1.54) is 10.4 Å². The van der Waals surface area contributed by atoms with Gasteiger partial charge in [-0.3, -0.25) is 4.79 Å². The molecule has 24 heavy (non-hydrogen) atoms. The first-order chi connectivity index (χ1) is 11.6. The van der Waals surface area contributed by atoms with E-state index in [-0.39, 0.29) is 5.91 Å². The average Bonchev–Trinajstić information content (AvgIpc) is 3.07. The first kappa shape index (κ1) is 18.7. The molecular weight excluding hydrogens is 336 g/mol. The summed E-state index contributed by atoms with van der Waals surface area (Å²) in [5, 5.41) is 5.69. The van der Waals surface area contributed by atoms with E-state index >= 15 is 0 Å². The number of carbonyl (C=O) groups excluding carboxylic acids is 1. The van der Waals surface area contributed by atoms with Crippen molar-refractivity contribution in [3.05, 3.63) is 52.2 Å². The van der Waals surface area contributed by atoms with E-state index < -0.39 is 0 Å². The van der Waals surface area contributed by atoms with E-state index in [9.17, 15) is 4.79 Å². The normalized spacial score (nSPS) is 11.8. The van der Waals surface area contributed by atoms with Crippen LogP contribution in [0.1, 0.15) is 43.6 Å². The van der Waals surface area contributed by atoms with Crippen molar-refractivity contribution in [3.8, 4) is 0 Å². The predicted molar refractivity (Wildman–Crippen MR) is 107 cm³/mol. The van der Waals surface area contributed by atoms with E-state index in [4.69, 9.17) is 4.99 Å². The number of hydrogen-bond donors (Lipinski definition) is 1. The lowest BCUT2D eigenvalue weighted by Crippen LogP contribution is -2.28. The minimum absolute atomic E-state index is 0.0186. The SMILES string of the molecule is CCS/C(=N\c1ccccc1C(C)C)NC(=O)CCc1cccs1. The van der Waals surface area contributed by atoms with Crippen molar-refractivity contribution in [2.45, 2.75) is 39.5 Å². The monoisotopic (exact) mass is 360 g/mol. The van der Waals surface area contributed by atoms with Gasteiger partial charge in [0.15, 0.2) is 5.17 Å². The Kier molecular flexibility index (Phi) is 7.53. The Hall–Kier alpha value is -1.59. The Morgan fingerprint density at radius 2 is 2.04 bits per heavy atom. The second kappa shape index (κ2) is 9.64. The molecule has 0 radical (unpaired) electrons. The highest BCUT2D eigenvalue weighted by molar-refractivity contribution is 8.13. The molecule has 0 fully saturated rings. The number of amidine groups is 1. The first-order valence-electron chi connectivity index (χ1n) is 8.22. The van der Waals surface area contributed by atoms with Crippen molar-refractivity contribution in [2.75, 3.05) is 5.75 Å². The van der Waals surface area contributed by atoms with E-state index in [1.807, 2.05) is 29.6 Å². The number of nitrogens with zero attached hydrogens (tertiary/aromatic N) is 1. The van der Waals surface area contributed by atoms with E-state index in [1.54, 1.807) is 23.1 Å². The number of para-hydroxylation sites is 1. The molecule has 1 amide bonds. The third-order valence-corrected chi connectivity index (χ3v) is 5.18. The van der Waals surface area contributed by atoms with Gasteiger partial charge in [0, 0.05) is 11.3 Å². The van der Waals surface area contributed by atoms with Gasteiger partial charge in [0.1, 0.15) is 0 Å². The molecule has 0 bridgehead atoms. The van der Waals surface area contributed by atoms with Crippen LogP contribution in [0, 0.1) is 0 Å². The van der Waals surface area contributed by atoms with Gasteiger partial charge in [-0.25, -0.2) is 4.99 Å². The van der Waals surface area contributed by atoms with Crippen LogP contribution in [0.25, 0.3) is 0 Å². The number of nitrogens with one attached hydrogen (secondary N) is 1. The molecule has 0 aliphatic carbocycles. The lowest BCUT2D eigenvalue weighted by Gasteiger charge is -2.12. The van der Waals surface area contributed by atoms with Gasteiger partial charge in [0.05, 0.1) is 5.69 Å². The number of carbonyl (C=O) groups is 1. The molecule has 0 saturated carbocycles. The molecule has 2 aromatic rings. The summed E-state index contributed by atoms with van der Waals surface area (Å²) in [4.78, 5) is 18.2. The second-order valence-electron chi connectivity index (χ2n) is 5.69. The van der Waals surface area contributed by atoms with Crippen LogP contribution in [0.4, 0.5) is 5.69 Å². The maximum Gasteiger partial charge on any atom is 0.226 e. The molecule has 128 valence electrons. The predicted octanol–water partition coefficient (Wildman–Crippen LogP) is 5.36. The summed E-state index contributed by atoms with van der Waals surface area (Å²) in [6, 6.07) is 12.2. The zero-order chi connectivity index (χ0) is 17.4. The molecule has 3 nitrogen and oxygen atoms in total. The van der Waals surface area contributed by atoms with E-state index in [0.717, 1.165) is 17.9 Å². The van der Waals surface area contributed by atoms with Gasteiger partial charge in [-0.05, 0) is 41.2 Å². The molecule has 1 heterocycles. The van der Waals surface area contributed by atoms with Crippen LogP contribution in [-0.2, 0) is 11.2 Å². The smallest absolute Gasteiger partial charge is 0.226 e. The number of thiophene rings is 1. The molecule has 0 saturated heterocycles. The summed E-state index contributed by atoms with van der Waals surface area (Å²) >= 11 is 3.25. The second-order valence-corrected chi connectivity index (χ2v) is 7.98. The van der Waals surface area contributed by atoms with Gasteiger partial charge in [0.25, 0.3) is 0 Å². The standard InChI is InChI=1S/C19H24N2OS2/c1-4-23-19(20-17-10-6-5-9-16(17)14(2)3)21-18(22)12-11-15-8-7-13-24-15/h5-10,13-14H,4,11-12H2,1-3H3,(H,20,21,22). The Morgan fingerprint density at radius 3 is 2.71 bits per heavy atom. The molecule has 0 atom stereocenters. The fraction of sp³-hybridized carbons (Fsp3) is 0.368. The van der Waals surface area contributed by atoms with Crippen LogP contribution in [0.5, 0.6) is 0 Å². The molecule has 5 heteroatoms. The average molecular weight is 361 g/mol. The highest BCUT2D eigenvalue weighted by Gasteiger charge is 2.10. The summed E-state index contributed by atoms with van der Waals surface area (Å²) in [5.74, 6) is 1.28. The van der Waals surface area contributed by atoms with Gasteiger partial charge < -0.3 is 5.32 Å². The van der Waals surface area contributed by atoms with Crippen LogP contribution in [0.3, 0.4) is 0 Å². The maximum atomic E-state index is 12.2. The molecule has 1 aromatic carbocycles. The highest BCUT2D eigenvalue weighted by Crippen LogP contribution is 2.27. The largest absolute Gasteiger partial charge is 0.305 e. The van der Waals surface area contributed by atoms with Gasteiger partial charge in [-0.15, -0.1) is 11.3 Å². The molecule has 0 spiro atoms. The lowest BCUT2D eigenvalue weighted by molar-refractivity contribution is -0.119. The number of benzene rings is 1. The summed E-state index contributed by atoms with van der Waals surface area (Å²) in [6.45, 7) is 6.37. The molecule has 1 N–H and O–H groups in total. The zero-order valence-electron chi connectivity index (χ0n) is 14.4. The number of rotatable bonds is 6. The quantitative estimate of drug-likeness (QED) is 0.556. The molecule has 2 rings (SSSR count). The minimum Gasteiger partial charge on any atom is -0.305 e. The number of aliphatic imine (C=N–C) groups is 1. The number of hydrogen-bond acceptors (Lipinski definition) is 4. The van der Waals surface area contributed by atoms with Crippen LogP contribution >= 0.6 is 23.1 Å². The molecule has 0 unspecified atom stereocenters. The van der Waals surface area contributed by atoms with Crippen LogP contribution in [0.2, 0.25) is 0 Å². The number of aryl methyl sites for hydroxylation is 1. The van der Waals surface area contributed by atoms with Crippen LogP contribution < -0.4 is 5.32 Å². The summed E-state index contributed by atoms with van der Waals surface area (Å²) in [6.07, 6.45) is 1.26. The lowest BCUT2D eigenvalue weighted by atomic mass is 10.0. The van der Waals surface area contributed by atoms with Crippen molar-refractivity contribution in [2.24, 2.45) is 4.99 Å². The van der Waals surface area contributed by atoms with E-state index in [2.05, 4.69) is 38.2 Å². The van der Waals surface area contributed by atoms with Crippen molar-refractivity contribution in [1.29, 1.82) is 0 Å². The third-order valence-electron chi connectivity index (χ3n) is 3.49. The molecular formula is C19H24N2OS2. The van der Waals surface area contributed by atoms with Crippen LogP contribution in [0.15, 0.2) is 46.8 Å². The van der Waals surface area contributed by atoms with Crippen molar-refractivity contribution >= 4 is 39.9 Å². The van der Waals surface area contributed by atoms with Crippen molar-refractivity contribution in [1.82, 2.24) is 5.32 Å². The number of amides is 1. The van der Waals surface area contributed by atoms with Gasteiger partial charge in [-0.2, -0.15) is 0 Å². The summed E-state index contributed by atoms with van der Waals surface area (Å²) in [5.41, 5.74) is 2.13. The Morgan fingerprint density at radius 1 is 1.25 bits per heavy atom. The minimum atomic E-state index is 0.0186. The fourth-order valence-corrected chi connectivity index (χ4v) is 3.62. The summed E-state index contributed by atoms with van der Waals surface area (Å²) in [7, 11) is 0. The third kappa shape index (κ3) is 5.80. The van der Waals surface area contributed by atoms with Crippen LogP contribution in [-0.4, -0.2) is 16.8 Å². The fourth-order valence-electron chi connectivity index (χ4n) is 2.29. The Balaban J connectivity index is 2.06. The Labute approximate surface area is 152 Å². The first-order valence-corrected chi connectivity index (χ1v) is 10.1. The van der Waals surface area contributed by atoms with Crippen molar-refractivity contribution in [3.63, 3.8) is 0 Å². The van der Waals surface area contributed by atoms with Gasteiger partial charge in [-0.1, -0.05) is 56.8 Å². The molecule has 0 aliphatic heterocycles. The van der Waals surface area contributed by atoms with Gasteiger partial charge >= 0.3 is 0 Å². The number of thioether (sulfide) groups is 1. The molecule has 1 aromatic heterocycles. The Bertz CT molecular complexity index is 678.